The predicted molar refractivity (Wildman–Crippen MR) is 140 cm³/mol. The molecule has 5 heterocycles. The van der Waals surface area contributed by atoms with Gasteiger partial charge in [-0.15, -0.1) is 16.4 Å². The number of fused-ring (bicyclic) bond motifs is 1. The Kier molecular flexibility index (Phi) is 5.70. The van der Waals surface area contributed by atoms with Gasteiger partial charge in [0.25, 0.3) is 0 Å². The first-order valence-corrected chi connectivity index (χ1v) is 13.1. The summed E-state index contributed by atoms with van der Waals surface area (Å²) in [5.74, 6) is 2.98. The van der Waals surface area contributed by atoms with Crippen LogP contribution in [0.4, 0.5) is 23.4 Å². The summed E-state index contributed by atoms with van der Waals surface area (Å²) in [6.07, 6.45) is 4.59. The van der Waals surface area contributed by atoms with Crippen molar-refractivity contribution in [3.63, 3.8) is 0 Å². The van der Waals surface area contributed by atoms with Gasteiger partial charge < -0.3 is 16.0 Å². The third-order valence-electron chi connectivity index (χ3n) is 6.66. The largest absolute Gasteiger partial charge is 0.368 e. The van der Waals surface area contributed by atoms with Gasteiger partial charge in [0.2, 0.25) is 17.2 Å². The standard InChI is InChI=1S/C23H27ClN10S/c1-13-12-35-19-18(13)28-21(24)29-20(19)34-22(25)30-23(31-34)27-16-5-6-17(26-9-16)33-8-7-32(14(2)10-33)11-15-3-4-15/h5-6,9,12,14-15H,3-4,7-8,10-11H2,1-2H3,(H3,25,27,30,31). The lowest BCUT2D eigenvalue weighted by molar-refractivity contribution is 0.181. The maximum Gasteiger partial charge on any atom is 0.248 e. The van der Waals surface area contributed by atoms with Gasteiger partial charge in [0.1, 0.15) is 5.82 Å². The zero-order valence-corrected chi connectivity index (χ0v) is 21.2. The molecule has 3 N–H and O–H groups in total. The van der Waals surface area contributed by atoms with E-state index in [2.05, 4.69) is 47.1 Å². The Bertz CT molecular complexity index is 1360. The number of hydrogen-bond donors (Lipinski definition) is 2. The number of aromatic nitrogens is 6. The summed E-state index contributed by atoms with van der Waals surface area (Å²) in [6, 6.07) is 4.56. The first-order valence-electron chi connectivity index (χ1n) is 11.8. The van der Waals surface area contributed by atoms with Crippen molar-refractivity contribution in [2.24, 2.45) is 5.92 Å². The molecular formula is C23H27ClN10S. The van der Waals surface area contributed by atoms with Gasteiger partial charge in [-0.3, -0.25) is 4.90 Å². The summed E-state index contributed by atoms with van der Waals surface area (Å²) >= 11 is 7.68. The van der Waals surface area contributed by atoms with E-state index in [1.54, 1.807) is 6.20 Å². The van der Waals surface area contributed by atoms with Crippen LogP contribution in [0.25, 0.3) is 16.0 Å². The van der Waals surface area contributed by atoms with Crippen LogP contribution in [-0.2, 0) is 0 Å². The molecule has 1 aliphatic heterocycles. The Hall–Kier alpha value is -3.02. The lowest BCUT2D eigenvalue weighted by Gasteiger charge is -2.40. The van der Waals surface area contributed by atoms with Crippen molar-refractivity contribution in [2.75, 3.05) is 42.1 Å². The molecule has 4 aromatic rings. The number of pyridine rings is 1. The first-order chi connectivity index (χ1) is 16.9. The van der Waals surface area contributed by atoms with Crippen LogP contribution in [0.15, 0.2) is 23.7 Å². The highest BCUT2D eigenvalue weighted by molar-refractivity contribution is 7.17. The van der Waals surface area contributed by atoms with Crippen LogP contribution in [0.2, 0.25) is 5.28 Å². The van der Waals surface area contributed by atoms with E-state index in [1.165, 1.54) is 35.4 Å². The number of nitrogen functional groups attached to an aromatic ring is 1. The first kappa shape index (κ1) is 22.4. The van der Waals surface area contributed by atoms with Crippen LogP contribution >= 0.6 is 22.9 Å². The number of nitrogens with zero attached hydrogens (tertiary/aromatic N) is 8. The molecule has 6 rings (SSSR count). The summed E-state index contributed by atoms with van der Waals surface area (Å²) in [5.41, 5.74) is 8.77. The number of hydrogen-bond acceptors (Lipinski definition) is 10. The van der Waals surface area contributed by atoms with E-state index in [-0.39, 0.29) is 11.2 Å². The van der Waals surface area contributed by atoms with Crippen molar-refractivity contribution in [2.45, 2.75) is 32.7 Å². The average Bonchev–Trinajstić information content (AvgIpc) is 3.48. The van der Waals surface area contributed by atoms with Crippen molar-refractivity contribution >= 4 is 56.6 Å². The minimum absolute atomic E-state index is 0.140. The molecule has 35 heavy (non-hydrogen) atoms. The van der Waals surface area contributed by atoms with Crippen LogP contribution in [0.5, 0.6) is 0 Å². The molecule has 0 amide bonds. The van der Waals surface area contributed by atoms with Gasteiger partial charge in [-0.2, -0.15) is 14.6 Å². The summed E-state index contributed by atoms with van der Waals surface area (Å²) < 4.78 is 2.34. The summed E-state index contributed by atoms with van der Waals surface area (Å²) in [6.45, 7) is 8.61. The smallest absolute Gasteiger partial charge is 0.248 e. The van der Waals surface area contributed by atoms with E-state index < -0.39 is 0 Å². The van der Waals surface area contributed by atoms with Gasteiger partial charge in [-0.1, -0.05) is 0 Å². The number of anilines is 4. The number of piperazine rings is 1. The predicted octanol–water partition coefficient (Wildman–Crippen LogP) is 3.88. The second-order valence-corrected chi connectivity index (χ2v) is 10.6. The van der Waals surface area contributed by atoms with Crippen LogP contribution in [0.1, 0.15) is 25.3 Å². The van der Waals surface area contributed by atoms with Crippen molar-refractivity contribution < 1.29 is 0 Å². The molecule has 182 valence electrons. The van der Waals surface area contributed by atoms with E-state index >= 15 is 0 Å². The average molecular weight is 511 g/mol. The normalized spacial score (nSPS) is 18.9. The molecule has 1 saturated heterocycles. The highest BCUT2D eigenvalue weighted by atomic mass is 35.5. The van der Waals surface area contributed by atoms with Crippen LogP contribution in [-0.4, -0.2) is 66.8 Å². The molecular weight excluding hydrogens is 484 g/mol. The van der Waals surface area contributed by atoms with Gasteiger partial charge in [0.05, 0.1) is 22.1 Å². The summed E-state index contributed by atoms with van der Waals surface area (Å²) in [4.78, 5) is 22.7. The van der Waals surface area contributed by atoms with Crippen molar-refractivity contribution in [1.82, 2.24) is 34.6 Å². The highest BCUT2D eigenvalue weighted by Gasteiger charge is 2.30. The fraction of sp³-hybridized carbons (Fsp3) is 0.435. The topological polar surface area (TPSA) is 114 Å². The van der Waals surface area contributed by atoms with Crippen molar-refractivity contribution in [3.8, 4) is 5.82 Å². The Labute approximate surface area is 212 Å². The Morgan fingerprint density at radius 2 is 2.06 bits per heavy atom. The number of halogens is 1. The molecule has 1 saturated carbocycles. The molecule has 0 aromatic carbocycles. The molecule has 4 aromatic heterocycles. The zero-order chi connectivity index (χ0) is 24.1. The second-order valence-electron chi connectivity index (χ2n) is 9.38. The lowest BCUT2D eigenvalue weighted by atomic mass is 10.1. The van der Waals surface area contributed by atoms with Gasteiger partial charge in [0.15, 0.2) is 5.82 Å². The van der Waals surface area contributed by atoms with E-state index in [1.807, 2.05) is 24.4 Å². The summed E-state index contributed by atoms with van der Waals surface area (Å²) in [7, 11) is 0. The third kappa shape index (κ3) is 4.51. The molecule has 10 nitrogen and oxygen atoms in total. The van der Waals surface area contributed by atoms with E-state index in [4.69, 9.17) is 17.3 Å². The van der Waals surface area contributed by atoms with E-state index in [0.29, 0.717) is 17.8 Å². The number of nitrogens with one attached hydrogen (secondary N) is 1. The lowest BCUT2D eigenvalue weighted by Crippen LogP contribution is -2.52. The van der Waals surface area contributed by atoms with Gasteiger partial charge in [0, 0.05) is 32.2 Å². The molecule has 1 atom stereocenters. The molecule has 1 unspecified atom stereocenters. The fourth-order valence-electron chi connectivity index (χ4n) is 4.55. The van der Waals surface area contributed by atoms with Gasteiger partial charge in [-0.05, 0) is 67.3 Å². The van der Waals surface area contributed by atoms with E-state index in [0.717, 1.165) is 52.8 Å². The highest BCUT2D eigenvalue weighted by Crippen LogP contribution is 2.32. The zero-order valence-electron chi connectivity index (χ0n) is 19.6. The molecule has 2 fully saturated rings. The number of nitrogens with two attached hydrogens (primary N) is 1. The monoisotopic (exact) mass is 510 g/mol. The van der Waals surface area contributed by atoms with Crippen LogP contribution < -0.4 is 16.0 Å². The fourth-order valence-corrected chi connectivity index (χ4v) is 5.68. The third-order valence-corrected chi connectivity index (χ3v) is 7.92. The maximum atomic E-state index is 6.18. The Balaban J connectivity index is 1.17. The quantitative estimate of drug-likeness (QED) is 0.373. The molecule has 12 heteroatoms. The molecule has 2 aliphatic rings. The minimum Gasteiger partial charge on any atom is -0.368 e. The van der Waals surface area contributed by atoms with Gasteiger partial charge >= 0.3 is 0 Å². The number of rotatable bonds is 6. The van der Waals surface area contributed by atoms with E-state index in [9.17, 15) is 0 Å². The van der Waals surface area contributed by atoms with Crippen LogP contribution in [0.3, 0.4) is 0 Å². The second kappa shape index (κ2) is 8.89. The Morgan fingerprint density at radius 3 is 2.80 bits per heavy atom. The minimum atomic E-state index is 0.140. The number of aryl methyl sites for hydroxylation is 1. The van der Waals surface area contributed by atoms with Crippen LogP contribution in [0, 0.1) is 12.8 Å². The maximum absolute atomic E-state index is 6.18. The van der Waals surface area contributed by atoms with Crippen molar-refractivity contribution in [3.05, 3.63) is 34.6 Å². The Morgan fingerprint density at radius 1 is 1.20 bits per heavy atom. The number of thiophene rings is 1. The van der Waals surface area contributed by atoms with Crippen molar-refractivity contribution in [1.29, 1.82) is 0 Å². The molecule has 0 bridgehead atoms. The molecule has 1 aliphatic carbocycles. The SMILES string of the molecule is Cc1csc2c(-n3nc(Nc4ccc(N5CCN(CC6CC6)C(C)C5)nc4)nc3N)nc(Cl)nc12. The summed E-state index contributed by atoms with van der Waals surface area (Å²) in [5, 5.41) is 9.86. The molecule has 0 spiro atoms. The molecule has 0 radical (unpaired) electrons. The van der Waals surface area contributed by atoms with Gasteiger partial charge in [-0.25, -0.2) is 9.97 Å².